The van der Waals surface area contributed by atoms with Gasteiger partial charge in [-0.15, -0.1) is 11.3 Å². The zero-order chi connectivity index (χ0) is 22.1. The molecule has 2 aromatic heterocycles. The Labute approximate surface area is 193 Å². The van der Waals surface area contributed by atoms with Crippen LogP contribution in [0.1, 0.15) is 60.0 Å². The first-order valence-electron chi connectivity index (χ1n) is 11.8. The molecule has 3 heterocycles. The molecule has 0 amide bonds. The first-order valence-corrected chi connectivity index (χ1v) is 12.6. The van der Waals surface area contributed by atoms with Crippen molar-refractivity contribution in [3.05, 3.63) is 64.8 Å². The van der Waals surface area contributed by atoms with Gasteiger partial charge in [0.15, 0.2) is 5.78 Å². The van der Waals surface area contributed by atoms with Crippen molar-refractivity contribution in [2.24, 2.45) is 0 Å². The molecule has 4 nitrogen and oxygen atoms in total. The fourth-order valence-corrected chi connectivity index (χ4v) is 6.25. The highest BCUT2D eigenvalue weighted by Crippen LogP contribution is 2.34. The molecule has 0 aliphatic carbocycles. The molecule has 5 heteroatoms. The maximum absolute atomic E-state index is 12.2. The third-order valence-corrected chi connectivity index (χ3v) is 8.06. The number of aryl methyl sites for hydroxylation is 2. The van der Waals surface area contributed by atoms with Gasteiger partial charge in [-0.2, -0.15) is 0 Å². The van der Waals surface area contributed by atoms with E-state index in [1.54, 1.807) is 6.92 Å². The predicted octanol–water partition coefficient (Wildman–Crippen LogP) is 6.29. The molecule has 1 aliphatic heterocycles. The van der Waals surface area contributed by atoms with Crippen LogP contribution < -0.4 is 0 Å². The van der Waals surface area contributed by atoms with Crippen LogP contribution in [0, 0.1) is 0 Å². The number of para-hydroxylation sites is 2. The summed E-state index contributed by atoms with van der Waals surface area (Å²) >= 11 is 1.87. The van der Waals surface area contributed by atoms with Crippen LogP contribution in [0.15, 0.2) is 48.7 Å². The number of aromatic nitrogens is 2. The monoisotopic (exact) mass is 445 g/mol. The third kappa shape index (κ3) is 4.12. The molecule has 1 saturated heterocycles. The first-order chi connectivity index (χ1) is 15.6. The van der Waals surface area contributed by atoms with Crippen LogP contribution in [0.4, 0.5) is 0 Å². The van der Waals surface area contributed by atoms with Crippen LogP contribution in [-0.2, 0) is 13.0 Å². The molecular formula is C27H31N3OS. The van der Waals surface area contributed by atoms with E-state index in [1.165, 1.54) is 33.6 Å². The molecule has 0 atom stereocenters. The van der Waals surface area contributed by atoms with E-state index in [0.29, 0.717) is 5.92 Å². The molecular weight excluding hydrogens is 414 g/mol. The minimum atomic E-state index is 0.152. The molecule has 166 valence electrons. The molecule has 32 heavy (non-hydrogen) atoms. The summed E-state index contributed by atoms with van der Waals surface area (Å²) in [5, 5.41) is 2.42. The molecule has 1 fully saturated rings. The molecule has 0 unspecified atom stereocenters. The van der Waals surface area contributed by atoms with E-state index in [0.717, 1.165) is 55.5 Å². The second-order valence-electron chi connectivity index (χ2n) is 8.95. The van der Waals surface area contributed by atoms with Gasteiger partial charge in [-0.25, -0.2) is 4.98 Å². The van der Waals surface area contributed by atoms with Crippen molar-refractivity contribution >= 4 is 38.2 Å². The summed E-state index contributed by atoms with van der Waals surface area (Å²) in [4.78, 5) is 19.7. The maximum Gasteiger partial charge on any atom is 0.161 e. The fraction of sp³-hybridized carbons (Fsp3) is 0.407. The Bertz CT molecular complexity index is 1210. The minimum Gasteiger partial charge on any atom is -0.346 e. The summed E-state index contributed by atoms with van der Waals surface area (Å²) in [7, 11) is 0. The quantitative estimate of drug-likeness (QED) is 0.314. The molecule has 2 aromatic carbocycles. The summed E-state index contributed by atoms with van der Waals surface area (Å²) in [5.74, 6) is 0.751. The van der Waals surface area contributed by atoms with E-state index in [-0.39, 0.29) is 5.78 Å². The Balaban J connectivity index is 1.20. The number of hydrogen-bond donors (Lipinski definition) is 0. The van der Waals surface area contributed by atoms with E-state index in [1.807, 2.05) is 11.3 Å². The zero-order valence-electron chi connectivity index (χ0n) is 19.0. The highest BCUT2D eigenvalue weighted by molar-refractivity contribution is 7.18. The lowest BCUT2D eigenvalue weighted by Gasteiger charge is -2.31. The molecule has 4 aromatic rings. The number of fused-ring (bicyclic) bond motifs is 2. The molecule has 0 spiro atoms. The summed E-state index contributed by atoms with van der Waals surface area (Å²) in [6, 6.07) is 14.8. The first kappa shape index (κ1) is 21.4. The van der Waals surface area contributed by atoms with Crippen LogP contribution in [0.5, 0.6) is 0 Å². The Morgan fingerprint density at radius 1 is 1.09 bits per heavy atom. The number of rotatable bonds is 7. The number of benzene rings is 2. The van der Waals surface area contributed by atoms with Gasteiger partial charge in [0.25, 0.3) is 0 Å². The highest BCUT2D eigenvalue weighted by Gasteiger charge is 2.23. The summed E-state index contributed by atoms with van der Waals surface area (Å²) in [5.41, 5.74) is 4.57. The lowest BCUT2D eigenvalue weighted by atomic mass is 9.97. The SMILES string of the molecule is CCc1cccc2c(C(C)=O)cn(CCCN3CCC(c4nc5ccccc5s4)CC3)c12. The second-order valence-corrected chi connectivity index (χ2v) is 10.0. The van der Waals surface area contributed by atoms with Crippen LogP contribution in [0.2, 0.25) is 0 Å². The standard InChI is InChI=1S/C27H31N3OS/c1-3-20-8-6-9-22-23(19(2)31)18-30(26(20)22)15-7-14-29-16-12-21(13-17-29)27-28-24-10-4-5-11-25(24)32-27/h4-6,8-11,18,21H,3,7,12-17H2,1-2H3. The van der Waals surface area contributed by atoms with Crippen molar-refractivity contribution in [1.82, 2.24) is 14.5 Å². The Hall–Kier alpha value is -2.50. The van der Waals surface area contributed by atoms with Crippen LogP contribution in [0.3, 0.4) is 0 Å². The third-order valence-electron chi connectivity index (χ3n) is 6.86. The van der Waals surface area contributed by atoms with Crippen LogP contribution in [-0.4, -0.2) is 39.9 Å². The van der Waals surface area contributed by atoms with Gasteiger partial charge in [0.2, 0.25) is 0 Å². The molecule has 0 saturated carbocycles. The normalized spacial score (nSPS) is 15.7. The van der Waals surface area contributed by atoms with E-state index in [4.69, 9.17) is 4.98 Å². The van der Waals surface area contributed by atoms with Crippen molar-refractivity contribution < 1.29 is 4.79 Å². The zero-order valence-corrected chi connectivity index (χ0v) is 19.8. The average Bonchev–Trinajstić information content (AvgIpc) is 3.41. The van der Waals surface area contributed by atoms with Crippen molar-refractivity contribution in [3.63, 3.8) is 0 Å². The van der Waals surface area contributed by atoms with Gasteiger partial charge >= 0.3 is 0 Å². The smallest absolute Gasteiger partial charge is 0.161 e. The van der Waals surface area contributed by atoms with Gasteiger partial charge in [0.1, 0.15) is 0 Å². The van der Waals surface area contributed by atoms with E-state index in [2.05, 4.69) is 65.1 Å². The number of likely N-dealkylation sites (tertiary alicyclic amines) is 1. The number of hydrogen-bond acceptors (Lipinski definition) is 4. The summed E-state index contributed by atoms with van der Waals surface area (Å²) in [6.07, 6.45) is 6.55. The van der Waals surface area contributed by atoms with Gasteiger partial charge in [-0.05, 0) is 69.9 Å². The number of piperidine rings is 1. The number of thiazole rings is 1. The van der Waals surface area contributed by atoms with Gasteiger partial charge in [-0.3, -0.25) is 4.79 Å². The van der Waals surface area contributed by atoms with E-state index < -0.39 is 0 Å². The molecule has 5 rings (SSSR count). The van der Waals surface area contributed by atoms with E-state index in [9.17, 15) is 4.79 Å². The van der Waals surface area contributed by atoms with Crippen molar-refractivity contribution in [1.29, 1.82) is 0 Å². The lowest BCUT2D eigenvalue weighted by Crippen LogP contribution is -2.34. The van der Waals surface area contributed by atoms with Crippen molar-refractivity contribution in [2.45, 2.75) is 52.0 Å². The van der Waals surface area contributed by atoms with Gasteiger partial charge in [0, 0.05) is 29.6 Å². The number of carbonyl (C=O) groups excluding carboxylic acids is 1. The number of Topliss-reactive ketones (excluding diaryl/α,β-unsaturated/α-hetero) is 1. The summed E-state index contributed by atoms with van der Waals surface area (Å²) < 4.78 is 3.62. The molecule has 0 bridgehead atoms. The highest BCUT2D eigenvalue weighted by atomic mass is 32.1. The fourth-order valence-electron chi connectivity index (χ4n) is 5.11. The minimum absolute atomic E-state index is 0.152. The maximum atomic E-state index is 12.2. The summed E-state index contributed by atoms with van der Waals surface area (Å²) in [6.45, 7) is 8.22. The van der Waals surface area contributed by atoms with Gasteiger partial charge < -0.3 is 9.47 Å². The number of nitrogens with zero attached hydrogens (tertiary/aromatic N) is 3. The van der Waals surface area contributed by atoms with Crippen molar-refractivity contribution in [3.8, 4) is 0 Å². The predicted molar refractivity (Wildman–Crippen MR) is 134 cm³/mol. The number of ketones is 1. The van der Waals surface area contributed by atoms with Gasteiger partial charge in [0.05, 0.1) is 20.7 Å². The number of carbonyl (C=O) groups is 1. The van der Waals surface area contributed by atoms with Crippen LogP contribution >= 0.6 is 11.3 Å². The Morgan fingerprint density at radius 2 is 1.91 bits per heavy atom. The average molecular weight is 446 g/mol. The van der Waals surface area contributed by atoms with Crippen LogP contribution in [0.25, 0.3) is 21.1 Å². The molecule has 0 N–H and O–H groups in total. The largest absolute Gasteiger partial charge is 0.346 e. The molecule has 0 radical (unpaired) electrons. The van der Waals surface area contributed by atoms with Gasteiger partial charge in [-0.1, -0.05) is 37.3 Å². The topological polar surface area (TPSA) is 38.1 Å². The molecule has 1 aliphatic rings. The lowest BCUT2D eigenvalue weighted by molar-refractivity contribution is 0.101. The Kier molecular flexibility index (Phi) is 6.11. The second kappa shape index (κ2) is 9.16. The van der Waals surface area contributed by atoms with Crippen molar-refractivity contribution in [2.75, 3.05) is 19.6 Å². The Morgan fingerprint density at radius 3 is 2.66 bits per heavy atom. The van der Waals surface area contributed by atoms with E-state index >= 15 is 0 Å².